The van der Waals surface area contributed by atoms with Gasteiger partial charge in [-0.05, 0) is 37.3 Å². The van der Waals surface area contributed by atoms with Gasteiger partial charge >= 0.3 is 0 Å². The number of anilines is 2. The third-order valence-electron chi connectivity index (χ3n) is 3.27. The molecule has 8 heteroatoms. The van der Waals surface area contributed by atoms with Gasteiger partial charge in [0.2, 0.25) is 5.91 Å². The van der Waals surface area contributed by atoms with Crippen LogP contribution < -0.4 is 15.4 Å². The van der Waals surface area contributed by atoms with Crippen molar-refractivity contribution in [2.75, 3.05) is 17.7 Å². The predicted molar refractivity (Wildman–Crippen MR) is 95.5 cm³/mol. The molecule has 0 aliphatic carbocycles. The molecule has 0 unspecified atom stereocenters. The van der Waals surface area contributed by atoms with Crippen molar-refractivity contribution in [3.63, 3.8) is 0 Å². The maximum absolute atomic E-state index is 12.3. The van der Waals surface area contributed by atoms with Gasteiger partial charge < -0.3 is 15.4 Å². The lowest BCUT2D eigenvalue weighted by Gasteiger charge is -2.16. The van der Waals surface area contributed by atoms with Gasteiger partial charge in [-0.3, -0.25) is 14.9 Å². The Morgan fingerprint density at radius 1 is 1.25 bits per heavy atom. The first kappa shape index (κ1) is 17.7. The molecule has 1 atom stereocenters. The minimum atomic E-state index is -0.546. The van der Waals surface area contributed by atoms with Crippen LogP contribution in [0, 0.1) is 10.1 Å². The van der Waals surface area contributed by atoms with Crippen LogP contribution in [0.1, 0.15) is 6.92 Å². The van der Waals surface area contributed by atoms with Gasteiger partial charge in [-0.15, -0.1) is 0 Å². The summed E-state index contributed by atoms with van der Waals surface area (Å²) < 4.78 is 6.07. The summed E-state index contributed by atoms with van der Waals surface area (Å²) in [5, 5.41) is 16.6. The number of nitro groups is 1. The van der Waals surface area contributed by atoms with Crippen LogP contribution in [-0.4, -0.2) is 24.0 Å². The highest BCUT2D eigenvalue weighted by Crippen LogP contribution is 2.29. The third kappa shape index (κ3) is 4.45. The summed E-state index contributed by atoms with van der Waals surface area (Å²) in [5.41, 5.74) is 0.910. The number of methoxy groups -OCH3 is 1. The topological polar surface area (TPSA) is 93.5 Å². The predicted octanol–water partition coefficient (Wildman–Crippen LogP) is 3.81. The molecule has 0 heterocycles. The number of amides is 1. The number of hydrogen-bond donors (Lipinski definition) is 2. The van der Waals surface area contributed by atoms with Crippen LogP contribution in [0.25, 0.3) is 0 Å². The smallest absolute Gasteiger partial charge is 0.271 e. The van der Waals surface area contributed by atoms with Crippen LogP contribution in [0.3, 0.4) is 0 Å². The van der Waals surface area contributed by atoms with E-state index in [0.717, 1.165) is 10.2 Å². The summed E-state index contributed by atoms with van der Waals surface area (Å²) in [6.07, 6.45) is 0. The molecule has 0 aliphatic heterocycles. The maximum atomic E-state index is 12.3. The van der Waals surface area contributed by atoms with Gasteiger partial charge in [0.25, 0.3) is 5.69 Å². The van der Waals surface area contributed by atoms with Crippen LogP contribution in [-0.2, 0) is 4.79 Å². The minimum absolute atomic E-state index is 0.125. The standard InChI is InChI=1S/C16H16BrN3O4/c1-10(18-12-5-3-11(17)4-6-12)16(21)19-14-9-13(20(22)23)7-8-15(14)24-2/h3-10,18H,1-2H3,(H,19,21)/t10-/m1/s1. The van der Waals surface area contributed by atoms with E-state index in [0.29, 0.717) is 5.75 Å². The number of nitrogens with one attached hydrogen (secondary N) is 2. The number of ether oxygens (including phenoxy) is 1. The zero-order chi connectivity index (χ0) is 17.7. The fourth-order valence-electron chi connectivity index (χ4n) is 2.01. The van der Waals surface area contributed by atoms with Crippen molar-refractivity contribution in [2.45, 2.75) is 13.0 Å². The maximum Gasteiger partial charge on any atom is 0.271 e. The van der Waals surface area contributed by atoms with Crippen molar-refractivity contribution in [1.82, 2.24) is 0 Å². The lowest BCUT2D eigenvalue weighted by Crippen LogP contribution is -2.32. The van der Waals surface area contributed by atoms with Crippen LogP contribution >= 0.6 is 15.9 Å². The number of rotatable bonds is 6. The van der Waals surface area contributed by atoms with E-state index in [4.69, 9.17) is 4.74 Å². The van der Waals surface area contributed by atoms with E-state index in [9.17, 15) is 14.9 Å². The molecule has 0 spiro atoms. The molecule has 0 fully saturated rings. The second kappa shape index (κ2) is 7.78. The second-order valence-electron chi connectivity index (χ2n) is 5.00. The molecular weight excluding hydrogens is 378 g/mol. The highest BCUT2D eigenvalue weighted by atomic mass is 79.9. The Hall–Kier alpha value is -2.61. The van der Waals surface area contributed by atoms with Gasteiger partial charge in [0.1, 0.15) is 11.8 Å². The zero-order valence-corrected chi connectivity index (χ0v) is 14.7. The van der Waals surface area contributed by atoms with Gasteiger partial charge in [0.15, 0.2) is 0 Å². The number of nitro benzene ring substituents is 1. The zero-order valence-electron chi connectivity index (χ0n) is 13.1. The number of nitrogens with zero attached hydrogens (tertiary/aromatic N) is 1. The Morgan fingerprint density at radius 3 is 2.50 bits per heavy atom. The van der Waals surface area contributed by atoms with E-state index in [1.807, 2.05) is 24.3 Å². The molecule has 0 saturated heterocycles. The number of benzene rings is 2. The van der Waals surface area contributed by atoms with Crippen molar-refractivity contribution in [1.29, 1.82) is 0 Å². The van der Waals surface area contributed by atoms with E-state index in [1.165, 1.54) is 25.3 Å². The lowest BCUT2D eigenvalue weighted by atomic mass is 10.2. The number of non-ortho nitro benzene ring substituents is 1. The van der Waals surface area contributed by atoms with E-state index in [2.05, 4.69) is 26.6 Å². The van der Waals surface area contributed by atoms with Crippen LogP contribution in [0.5, 0.6) is 5.75 Å². The quantitative estimate of drug-likeness (QED) is 0.574. The van der Waals surface area contributed by atoms with Gasteiger partial charge in [-0.2, -0.15) is 0 Å². The number of halogens is 1. The summed E-state index contributed by atoms with van der Waals surface area (Å²) >= 11 is 3.34. The summed E-state index contributed by atoms with van der Waals surface area (Å²) in [6, 6.07) is 10.9. The molecule has 0 radical (unpaired) electrons. The van der Waals surface area contributed by atoms with Crippen LogP contribution in [0.15, 0.2) is 46.9 Å². The van der Waals surface area contributed by atoms with Crippen molar-refractivity contribution in [3.05, 3.63) is 57.1 Å². The highest BCUT2D eigenvalue weighted by Gasteiger charge is 2.17. The first-order chi connectivity index (χ1) is 11.4. The lowest BCUT2D eigenvalue weighted by molar-refractivity contribution is -0.384. The van der Waals surface area contributed by atoms with Crippen molar-refractivity contribution in [2.24, 2.45) is 0 Å². The van der Waals surface area contributed by atoms with Crippen molar-refractivity contribution >= 4 is 38.9 Å². The molecule has 24 heavy (non-hydrogen) atoms. The van der Waals surface area contributed by atoms with Gasteiger partial charge in [0.05, 0.1) is 17.7 Å². The van der Waals surface area contributed by atoms with Crippen molar-refractivity contribution in [3.8, 4) is 5.75 Å². The van der Waals surface area contributed by atoms with E-state index < -0.39 is 11.0 Å². The van der Waals surface area contributed by atoms with E-state index in [-0.39, 0.29) is 17.3 Å². The Kier molecular flexibility index (Phi) is 5.75. The summed E-state index contributed by atoms with van der Waals surface area (Å²) in [6.45, 7) is 1.70. The van der Waals surface area contributed by atoms with E-state index >= 15 is 0 Å². The van der Waals surface area contributed by atoms with Crippen LogP contribution in [0.4, 0.5) is 17.1 Å². The van der Waals surface area contributed by atoms with E-state index in [1.54, 1.807) is 6.92 Å². The average Bonchev–Trinajstić information content (AvgIpc) is 2.56. The Bertz CT molecular complexity index is 749. The van der Waals surface area contributed by atoms with Crippen LogP contribution in [0.2, 0.25) is 0 Å². The number of carbonyl (C=O) groups is 1. The molecule has 0 saturated carbocycles. The largest absolute Gasteiger partial charge is 0.495 e. The molecule has 7 nitrogen and oxygen atoms in total. The average molecular weight is 394 g/mol. The summed E-state index contributed by atoms with van der Waals surface area (Å²) in [7, 11) is 1.43. The summed E-state index contributed by atoms with van der Waals surface area (Å²) in [4.78, 5) is 22.7. The highest BCUT2D eigenvalue weighted by molar-refractivity contribution is 9.10. The van der Waals surface area contributed by atoms with Gasteiger partial charge in [-0.25, -0.2) is 0 Å². The first-order valence-corrected chi connectivity index (χ1v) is 7.85. The molecular formula is C16H16BrN3O4. The number of carbonyl (C=O) groups excluding carboxylic acids is 1. The molecule has 0 bridgehead atoms. The Balaban J connectivity index is 2.11. The summed E-state index contributed by atoms with van der Waals surface area (Å²) in [5.74, 6) is 0.0153. The monoisotopic (exact) mass is 393 g/mol. The molecule has 126 valence electrons. The molecule has 2 aromatic carbocycles. The molecule has 2 rings (SSSR count). The van der Waals surface area contributed by atoms with Gasteiger partial charge in [-0.1, -0.05) is 15.9 Å². The fourth-order valence-corrected chi connectivity index (χ4v) is 2.27. The second-order valence-corrected chi connectivity index (χ2v) is 5.92. The molecule has 2 N–H and O–H groups in total. The number of hydrogen-bond acceptors (Lipinski definition) is 5. The molecule has 1 amide bonds. The normalized spacial score (nSPS) is 11.5. The van der Waals surface area contributed by atoms with Gasteiger partial charge in [0, 0.05) is 22.3 Å². The molecule has 2 aromatic rings. The Labute approximate surface area is 147 Å². The van der Waals surface area contributed by atoms with Crippen molar-refractivity contribution < 1.29 is 14.5 Å². The first-order valence-electron chi connectivity index (χ1n) is 7.06. The Morgan fingerprint density at radius 2 is 1.92 bits per heavy atom. The fraction of sp³-hybridized carbons (Fsp3) is 0.188. The third-order valence-corrected chi connectivity index (χ3v) is 3.80. The minimum Gasteiger partial charge on any atom is -0.495 e. The SMILES string of the molecule is COc1ccc([N+](=O)[O-])cc1NC(=O)[C@@H](C)Nc1ccc(Br)cc1. The molecule has 0 aliphatic rings. The molecule has 0 aromatic heterocycles.